The number of aromatic nitrogens is 2. The number of rotatable bonds is 5. The van der Waals surface area contributed by atoms with Crippen LogP contribution in [0.3, 0.4) is 0 Å². The average Bonchev–Trinajstić information content (AvgIpc) is 3.50. The molecule has 0 spiro atoms. The average molecular weight is 518 g/mol. The smallest absolute Gasteiger partial charge is 0.335 e. The molecule has 1 aliphatic rings. The largest absolute Gasteiger partial charge is 0.478 e. The van der Waals surface area contributed by atoms with Crippen LogP contribution in [0, 0.1) is 6.92 Å². The van der Waals surface area contributed by atoms with Gasteiger partial charge in [-0.15, -0.1) is 0 Å². The Morgan fingerprint density at radius 3 is 2.39 bits per heavy atom. The molecule has 3 heterocycles. The third-order valence-corrected chi connectivity index (χ3v) is 7.16. The van der Waals surface area contributed by atoms with E-state index in [2.05, 4.69) is 0 Å². The normalized spacial score (nSPS) is 14.7. The summed E-state index contributed by atoms with van der Waals surface area (Å²) in [5, 5.41) is 9.07. The highest BCUT2D eigenvalue weighted by Gasteiger charge is 2.38. The summed E-state index contributed by atoms with van der Waals surface area (Å²) in [6.45, 7) is 1.77. The van der Waals surface area contributed by atoms with Crippen LogP contribution in [-0.2, 0) is 11.8 Å². The van der Waals surface area contributed by atoms with Crippen LogP contribution in [0.25, 0.3) is 23.1 Å². The second-order valence-corrected chi connectivity index (χ2v) is 9.69. The van der Waals surface area contributed by atoms with Crippen molar-refractivity contribution in [2.75, 3.05) is 4.90 Å². The van der Waals surface area contributed by atoms with Crippen LogP contribution in [0.1, 0.15) is 21.8 Å². The van der Waals surface area contributed by atoms with Crippen LogP contribution in [0.2, 0.25) is 0 Å². The third-order valence-electron chi connectivity index (χ3n) is 5.86. The van der Waals surface area contributed by atoms with Crippen molar-refractivity contribution in [3.63, 3.8) is 0 Å². The summed E-state index contributed by atoms with van der Waals surface area (Å²) in [6, 6.07) is 18.9. The van der Waals surface area contributed by atoms with Gasteiger partial charge in [-0.05, 0) is 43.3 Å². The molecule has 1 amide bonds. The lowest BCUT2D eigenvalue weighted by molar-refractivity contribution is -0.113. The maximum Gasteiger partial charge on any atom is 0.335 e. The maximum atomic E-state index is 13.4. The molecule has 4 aromatic rings. The van der Waals surface area contributed by atoms with Gasteiger partial charge in [0.2, 0.25) is 0 Å². The van der Waals surface area contributed by atoms with Gasteiger partial charge in [0, 0.05) is 18.7 Å². The van der Waals surface area contributed by atoms with Gasteiger partial charge < -0.3 is 9.52 Å². The summed E-state index contributed by atoms with van der Waals surface area (Å²) in [6.07, 6.45) is 1.59. The molecule has 1 saturated heterocycles. The SMILES string of the molecule is Cc1c(N2C(=O)C(=Cc3ccc(-c4ccc(C(=O)O)cc4)o3)SC2=S)c(=O)n(-c2ccccc2)n1C. The van der Waals surface area contributed by atoms with Crippen LogP contribution >= 0.6 is 24.0 Å². The number of anilines is 1. The number of aromatic carboxylic acids is 1. The number of hydrogen-bond donors (Lipinski definition) is 1. The van der Waals surface area contributed by atoms with Crippen molar-refractivity contribution >= 4 is 51.9 Å². The molecule has 36 heavy (non-hydrogen) atoms. The summed E-state index contributed by atoms with van der Waals surface area (Å²) < 4.78 is 9.32. The number of carbonyl (C=O) groups excluding carboxylic acids is 1. The van der Waals surface area contributed by atoms with E-state index in [4.69, 9.17) is 21.7 Å². The van der Waals surface area contributed by atoms with Crippen molar-refractivity contribution < 1.29 is 19.1 Å². The number of furan rings is 1. The minimum Gasteiger partial charge on any atom is -0.478 e. The van der Waals surface area contributed by atoms with Gasteiger partial charge in [-0.1, -0.05) is 54.3 Å². The molecule has 8 nitrogen and oxygen atoms in total. The Hall–Kier alpha value is -4.15. The number of hydrogen-bond acceptors (Lipinski definition) is 6. The van der Waals surface area contributed by atoms with Crippen molar-refractivity contribution in [1.29, 1.82) is 0 Å². The zero-order chi connectivity index (χ0) is 25.6. The molecule has 180 valence electrons. The predicted molar refractivity (Wildman–Crippen MR) is 143 cm³/mol. The summed E-state index contributed by atoms with van der Waals surface area (Å²) in [5.74, 6) is -0.453. The number of para-hydroxylation sites is 1. The second kappa shape index (κ2) is 9.14. The maximum absolute atomic E-state index is 13.4. The van der Waals surface area contributed by atoms with Crippen molar-refractivity contribution in [2.24, 2.45) is 7.05 Å². The molecule has 2 aromatic heterocycles. The zero-order valence-corrected chi connectivity index (χ0v) is 20.8. The van der Waals surface area contributed by atoms with E-state index < -0.39 is 11.9 Å². The number of carboxylic acids is 1. The standard InChI is InChI=1S/C26H19N3O5S2/c1-15-22(24(31)29(27(15)2)18-6-4-3-5-7-18)28-23(30)21(36-26(28)35)14-19-12-13-20(34-19)16-8-10-17(11-9-16)25(32)33/h3-14H,1-2H3,(H,32,33). The van der Waals surface area contributed by atoms with Gasteiger partial charge in [-0.2, -0.15) is 0 Å². The molecule has 2 aromatic carbocycles. The topological polar surface area (TPSA) is 97.7 Å². The Kier molecular flexibility index (Phi) is 5.99. The van der Waals surface area contributed by atoms with Crippen LogP contribution < -0.4 is 10.5 Å². The van der Waals surface area contributed by atoms with Gasteiger partial charge in [-0.3, -0.25) is 19.2 Å². The molecule has 0 atom stereocenters. The number of thioether (sulfide) groups is 1. The Morgan fingerprint density at radius 1 is 1.03 bits per heavy atom. The quantitative estimate of drug-likeness (QED) is 0.299. The lowest BCUT2D eigenvalue weighted by Gasteiger charge is -2.12. The Balaban J connectivity index is 1.46. The molecule has 0 bridgehead atoms. The first-order chi connectivity index (χ1) is 17.3. The highest BCUT2D eigenvalue weighted by atomic mass is 32.2. The van der Waals surface area contributed by atoms with E-state index in [0.29, 0.717) is 33.4 Å². The first-order valence-corrected chi connectivity index (χ1v) is 12.0. The molecular weight excluding hydrogens is 498 g/mol. The third kappa shape index (κ3) is 4.00. The van der Waals surface area contributed by atoms with Crippen LogP contribution in [0.5, 0.6) is 0 Å². The number of thiocarbonyl (C=S) groups is 1. The molecule has 1 N–H and O–H groups in total. The highest BCUT2D eigenvalue weighted by molar-refractivity contribution is 8.27. The minimum atomic E-state index is -1.01. The van der Waals surface area contributed by atoms with Crippen LogP contribution in [0.4, 0.5) is 5.69 Å². The molecule has 1 aliphatic heterocycles. The van der Waals surface area contributed by atoms with Crippen molar-refractivity contribution in [1.82, 2.24) is 9.36 Å². The van der Waals surface area contributed by atoms with Crippen LogP contribution in [0.15, 0.2) is 80.8 Å². The first-order valence-electron chi connectivity index (χ1n) is 10.8. The van der Waals surface area contributed by atoms with Crippen molar-refractivity contribution in [2.45, 2.75) is 6.92 Å². The number of amides is 1. The van der Waals surface area contributed by atoms with E-state index in [-0.39, 0.29) is 21.1 Å². The Morgan fingerprint density at radius 2 is 1.72 bits per heavy atom. The van der Waals surface area contributed by atoms with Gasteiger partial charge >= 0.3 is 5.97 Å². The predicted octanol–water partition coefficient (Wildman–Crippen LogP) is 4.85. The fourth-order valence-corrected chi connectivity index (χ4v) is 5.21. The van der Waals surface area contributed by atoms with E-state index in [1.807, 2.05) is 30.3 Å². The molecular formula is C26H19N3O5S2. The van der Waals surface area contributed by atoms with E-state index in [1.165, 1.54) is 21.7 Å². The lowest BCUT2D eigenvalue weighted by Crippen LogP contribution is -2.33. The summed E-state index contributed by atoms with van der Waals surface area (Å²) in [7, 11) is 1.76. The Bertz CT molecular complexity index is 1610. The van der Waals surface area contributed by atoms with Gasteiger partial charge in [0.15, 0.2) is 4.32 Å². The fraction of sp³-hybridized carbons (Fsp3) is 0.0769. The number of carbonyl (C=O) groups is 2. The zero-order valence-electron chi connectivity index (χ0n) is 19.2. The Labute approximate surface area is 215 Å². The summed E-state index contributed by atoms with van der Waals surface area (Å²) >= 11 is 6.58. The number of nitrogens with zero attached hydrogens (tertiary/aromatic N) is 3. The highest BCUT2D eigenvalue weighted by Crippen LogP contribution is 2.37. The molecule has 0 radical (unpaired) electrons. The summed E-state index contributed by atoms with van der Waals surface area (Å²) in [5.41, 5.74) is 2.03. The van der Waals surface area contributed by atoms with Crippen LogP contribution in [-0.4, -0.2) is 30.7 Å². The molecule has 0 saturated carbocycles. The first kappa shape index (κ1) is 23.6. The number of benzene rings is 2. The fourth-order valence-electron chi connectivity index (χ4n) is 3.96. The monoisotopic (exact) mass is 517 g/mol. The molecule has 5 rings (SSSR count). The molecule has 0 aliphatic carbocycles. The minimum absolute atomic E-state index is 0.178. The van der Waals surface area contributed by atoms with E-state index in [9.17, 15) is 14.4 Å². The molecule has 0 unspecified atom stereocenters. The van der Waals surface area contributed by atoms with E-state index in [1.54, 1.807) is 49.0 Å². The second-order valence-electron chi connectivity index (χ2n) is 8.01. The lowest BCUT2D eigenvalue weighted by atomic mass is 10.1. The number of carboxylic acid groups (broad SMARTS) is 1. The van der Waals surface area contributed by atoms with Gasteiger partial charge in [-0.25, -0.2) is 9.48 Å². The van der Waals surface area contributed by atoms with Gasteiger partial charge in [0.1, 0.15) is 17.2 Å². The molecule has 1 fully saturated rings. The molecule has 10 heteroatoms. The van der Waals surface area contributed by atoms with Crippen molar-refractivity contribution in [3.05, 3.63) is 99.0 Å². The summed E-state index contributed by atoms with van der Waals surface area (Å²) in [4.78, 5) is 39.4. The van der Waals surface area contributed by atoms with E-state index in [0.717, 1.165) is 11.8 Å². The van der Waals surface area contributed by atoms with Gasteiger partial charge in [0.05, 0.1) is 21.8 Å². The van der Waals surface area contributed by atoms with E-state index >= 15 is 0 Å². The van der Waals surface area contributed by atoms with Crippen molar-refractivity contribution in [3.8, 4) is 17.0 Å². The van der Waals surface area contributed by atoms with Gasteiger partial charge in [0.25, 0.3) is 11.5 Å².